The van der Waals surface area contributed by atoms with Crippen molar-refractivity contribution in [2.75, 3.05) is 30.3 Å². The zero-order valence-electron chi connectivity index (χ0n) is 34.6. The molecule has 4 N–H and O–H groups in total. The van der Waals surface area contributed by atoms with E-state index < -0.39 is 35.2 Å². The Labute approximate surface area is 366 Å². The van der Waals surface area contributed by atoms with Crippen molar-refractivity contribution < 1.29 is 29.3 Å². The SMILES string of the molecule is O=C([O-])NCCC(CCNC(=O)[O-])C(=O)Nc1cnn(CCOC(c2ccccc2)(c2ccccc2)c2ccccc2)c1NC(c1ccccc1)(c1ccccc1)c1ccccc1. The van der Waals surface area contributed by atoms with Crippen LogP contribution in [-0.4, -0.2) is 47.6 Å². The molecular formula is C51H48N6O6-2. The third-order valence-electron chi connectivity index (χ3n) is 11.1. The predicted molar refractivity (Wildman–Crippen MR) is 238 cm³/mol. The summed E-state index contributed by atoms with van der Waals surface area (Å²) >= 11 is 0. The standard InChI is InChI=1S/C51H50N6O6/c58-47(38(31-33-52-48(59)60)32-34-53-49(61)62)55-45-37-54-57(35-36-63-51(42-25-13-4-14-26-42,43-27-15-5-16-28-43)44-29-17-6-18-30-44)46(45)56-50(39-19-7-1-8-20-39,40-21-9-2-10-22-40)41-23-11-3-12-24-41/h1-30,37-38,52-53,56H,31-36H2,(H,55,58)(H,59,60)(H,61,62)/p-2. The predicted octanol–water partition coefficient (Wildman–Crippen LogP) is 6.50. The summed E-state index contributed by atoms with van der Waals surface area (Å²) in [6, 6.07) is 60.3. The lowest BCUT2D eigenvalue weighted by Crippen LogP contribution is -2.40. The van der Waals surface area contributed by atoms with Crippen molar-refractivity contribution in [3.8, 4) is 0 Å². The second-order valence-electron chi connectivity index (χ2n) is 14.9. The van der Waals surface area contributed by atoms with Crippen molar-refractivity contribution in [1.29, 1.82) is 0 Å². The Morgan fingerprint density at radius 3 is 1.29 bits per heavy atom. The van der Waals surface area contributed by atoms with E-state index in [0.717, 1.165) is 33.4 Å². The van der Waals surface area contributed by atoms with E-state index in [-0.39, 0.29) is 39.1 Å². The molecule has 0 aliphatic rings. The van der Waals surface area contributed by atoms with E-state index in [4.69, 9.17) is 9.84 Å². The number of nitrogens with one attached hydrogen (secondary N) is 4. The number of hydrogen-bond donors (Lipinski definition) is 4. The van der Waals surface area contributed by atoms with E-state index in [0.29, 0.717) is 11.5 Å². The quantitative estimate of drug-likeness (QED) is 0.0631. The molecule has 6 aromatic carbocycles. The Morgan fingerprint density at radius 2 is 0.921 bits per heavy atom. The van der Waals surface area contributed by atoms with Crippen LogP contribution >= 0.6 is 0 Å². The molecule has 0 saturated carbocycles. The minimum atomic E-state index is -1.48. The molecule has 7 rings (SSSR count). The van der Waals surface area contributed by atoms with Gasteiger partial charge in [-0.05, 0) is 46.2 Å². The highest BCUT2D eigenvalue weighted by molar-refractivity contribution is 5.95. The van der Waals surface area contributed by atoms with Gasteiger partial charge in [-0.1, -0.05) is 182 Å². The van der Waals surface area contributed by atoms with Gasteiger partial charge in [0.2, 0.25) is 5.91 Å². The molecule has 1 aromatic heterocycles. The van der Waals surface area contributed by atoms with Crippen LogP contribution in [0.3, 0.4) is 0 Å². The van der Waals surface area contributed by atoms with Crippen molar-refractivity contribution in [1.82, 2.24) is 20.4 Å². The van der Waals surface area contributed by atoms with E-state index in [9.17, 15) is 24.6 Å². The molecule has 320 valence electrons. The smallest absolute Gasteiger partial charge is 0.227 e. The minimum Gasteiger partial charge on any atom is -0.530 e. The van der Waals surface area contributed by atoms with Gasteiger partial charge in [-0.15, -0.1) is 0 Å². The first-order valence-corrected chi connectivity index (χ1v) is 20.8. The molecule has 0 saturated heterocycles. The molecule has 0 aliphatic heterocycles. The third-order valence-corrected chi connectivity index (χ3v) is 11.1. The topological polar surface area (TPSA) is 172 Å². The number of anilines is 2. The first-order chi connectivity index (χ1) is 30.8. The van der Waals surface area contributed by atoms with Gasteiger partial charge >= 0.3 is 0 Å². The monoisotopic (exact) mass is 840 g/mol. The van der Waals surface area contributed by atoms with Crippen LogP contribution in [0.25, 0.3) is 0 Å². The van der Waals surface area contributed by atoms with Crippen LogP contribution in [0, 0.1) is 5.92 Å². The second kappa shape index (κ2) is 20.7. The van der Waals surface area contributed by atoms with Gasteiger partial charge < -0.3 is 45.8 Å². The molecule has 0 spiro atoms. The second-order valence-corrected chi connectivity index (χ2v) is 14.9. The van der Waals surface area contributed by atoms with Crippen LogP contribution in [-0.2, 0) is 27.2 Å². The molecule has 12 heteroatoms. The average molecular weight is 841 g/mol. The van der Waals surface area contributed by atoms with E-state index in [1.807, 2.05) is 146 Å². The first kappa shape index (κ1) is 43.4. The zero-order chi connectivity index (χ0) is 43.9. The third kappa shape index (κ3) is 10.1. The summed E-state index contributed by atoms with van der Waals surface area (Å²) in [6.07, 6.45) is -1.25. The number of amides is 3. The van der Waals surface area contributed by atoms with Crippen LogP contribution in [0.15, 0.2) is 188 Å². The van der Waals surface area contributed by atoms with Gasteiger partial charge in [0.25, 0.3) is 0 Å². The highest BCUT2D eigenvalue weighted by Gasteiger charge is 2.40. The maximum Gasteiger partial charge on any atom is 0.227 e. The van der Waals surface area contributed by atoms with Gasteiger partial charge in [0, 0.05) is 19.0 Å². The Balaban J connectivity index is 1.33. The van der Waals surface area contributed by atoms with Crippen LogP contribution in [0.5, 0.6) is 0 Å². The van der Waals surface area contributed by atoms with Crippen molar-refractivity contribution in [3.63, 3.8) is 0 Å². The number of hydrogen-bond acceptors (Lipinski definition) is 8. The largest absolute Gasteiger partial charge is 0.530 e. The first-order valence-electron chi connectivity index (χ1n) is 20.8. The number of aromatic nitrogens is 2. The zero-order valence-corrected chi connectivity index (χ0v) is 34.6. The van der Waals surface area contributed by atoms with Gasteiger partial charge in [0.15, 0.2) is 0 Å². The van der Waals surface area contributed by atoms with Crippen molar-refractivity contribution >= 4 is 29.6 Å². The van der Waals surface area contributed by atoms with E-state index in [1.54, 1.807) is 10.9 Å². The molecule has 0 atom stereocenters. The Morgan fingerprint density at radius 1 is 0.556 bits per heavy atom. The molecule has 1 heterocycles. The summed E-state index contributed by atoms with van der Waals surface area (Å²) in [4.78, 5) is 36.7. The van der Waals surface area contributed by atoms with Gasteiger partial charge in [0.05, 0.1) is 19.3 Å². The molecule has 0 radical (unpaired) electrons. The lowest BCUT2D eigenvalue weighted by molar-refractivity contribution is -0.251. The lowest BCUT2D eigenvalue weighted by Gasteiger charge is -2.38. The van der Waals surface area contributed by atoms with Crippen molar-refractivity contribution in [3.05, 3.63) is 222 Å². The maximum absolute atomic E-state index is 14.2. The fraction of sp³-hybridized carbons (Fsp3) is 0.176. The number of carbonyl (C=O) groups is 3. The van der Waals surface area contributed by atoms with Crippen LogP contribution in [0.4, 0.5) is 21.1 Å². The Hall–Kier alpha value is -7.70. The number of carbonyl (C=O) groups excluding carboxylic acids is 3. The Kier molecular flexibility index (Phi) is 14.3. The highest BCUT2D eigenvalue weighted by atomic mass is 16.5. The molecular weight excluding hydrogens is 793 g/mol. The van der Waals surface area contributed by atoms with Crippen molar-refractivity contribution in [2.45, 2.75) is 30.5 Å². The van der Waals surface area contributed by atoms with Gasteiger partial charge in [-0.2, -0.15) is 5.10 Å². The molecule has 0 bridgehead atoms. The summed E-state index contributed by atoms with van der Waals surface area (Å²) in [5.41, 5.74) is 3.89. The van der Waals surface area contributed by atoms with E-state index in [2.05, 4.69) is 57.7 Å². The van der Waals surface area contributed by atoms with Gasteiger partial charge in [-0.3, -0.25) is 4.79 Å². The number of ether oxygens (including phenoxy) is 1. The van der Waals surface area contributed by atoms with Crippen molar-refractivity contribution in [2.24, 2.45) is 5.92 Å². The number of rotatable bonds is 20. The van der Waals surface area contributed by atoms with Crippen LogP contribution < -0.4 is 31.5 Å². The summed E-state index contributed by atoms with van der Waals surface area (Å²) in [6.45, 7) is 0.233. The molecule has 7 aromatic rings. The number of benzene rings is 6. The molecule has 3 amide bonds. The summed E-state index contributed by atoms with van der Waals surface area (Å²) < 4.78 is 8.96. The summed E-state index contributed by atoms with van der Waals surface area (Å²) in [5.74, 6) is -0.809. The minimum absolute atomic E-state index is 0.0712. The van der Waals surface area contributed by atoms with Gasteiger partial charge in [-0.25, -0.2) is 4.68 Å². The fourth-order valence-electron chi connectivity index (χ4n) is 8.13. The fourth-order valence-corrected chi connectivity index (χ4v) is 8.13. The summed E-state index contributed by atoms with van der Waals surface area (Å²) in [7, 11) is 0. The lowest BCUT2D eigenvalue weighted by atomic mass is 9.77. The normalized spacial score (nSPS) is 11.4. The highest BCUT2D eigenvalue weighted by Crippen LogP contribution is 2.43. The molecule has 12 nitrogen and oxygen atoms in total. The number of nitrogens with zero attached hydrogens (tertiary/aromatic N) is 2. The van der Waals surface area contributed by atoms with E-state index in [1.165, 1.54) is 0 Å². The molecule has 0 fully saturated rings. The van der Waals surface area contributed by atoms with Gasteiger partial charge in [0.1, 0.15) is 34.8 Å². The maximum atomic E-state index is 14.2. The summed E-state index contributed by atoms with van der Waals surface area (Å²) in [5, 5.41) is 38.7. The van der Waals surface area contributed by atoms with Crippen LogP contribution in [0.2, 0.25) is 0 Å². The van der Waals surface area contributed by atoms with E-state index >= 15 is 0 Å². The average Bonchev–Trinajstić information content (AvgIpc) is 3.70. The van der Waals surface area contributed by atoms with Crippen LogP contribution in [0.1, 0.15) is 46.2 Å². The molecule has 0 unspecified atom stereocenters. The molecule has 63 heavy (non-hydrogen) atoms. The Bertz CT molecular complexity index is 2310. The number of carboxylic acid groups (broad SMARTS) is 2. The molecule has 0 aliphatic carbocycles.